The average molecular weight is 243 g/mol. The molecule has 0 aliphatic rings. The summed E-state index contributed by atoms with van der Waals surface area (Å²) in [4.78, 5) is 11.0. The number of carbonyl (C=O) groups is 1. The first-order valence-corrected chi connectivity index (χ1v) is 5.55. The highest BCUT2D eigenvalue weighted by Crippen LogP contribution is 2.28. The molecule has 0 fully saturated rings. The van der Waals surface area contributed by atoms with Gasteiger partial charge in [-0.05, 0) is 38.0 Å². The van der Waals surface area contributed by atoms with Crippen molar-refractivity contribution in [2.45, 2.75) is 33.3 Å². The van der Waals surface area contributed by atoms with Crippen molar-refractivity contribution in [2.75, 3.05) is 0 Å². The molecule has 0 atom stereocenters. The minimum atomic E-state index is -1.03. The van der Waals surface area contributed by atoms with E-state index in [1.807, 2.05) is 20.8 Å². The smallest absolute Gasteiger partial charge is 0.339 e. The number of halogens is 1. The number of hydrogen-bond acceptors (Lipinski definition) is 2. The molecule has 0 aliphatic carbocycles. The highest BCUT2D eigenvalue weighted by Gasteiger charge is 2.15. The van der Waals surface area contributed by atoms with Crippen LogP contribution in [-0.2, 0) is 6.42 Å². The first-order chi connectivity index (χ1) is 7.45. The van der Waals surface area contributed by atoms with Crippen molar-refractivity contribution in [2.24, 2.45) is 0 Å². The number of carboxylic acids is 1. The molecule has 1 aromatic carbocycles. The summed E-state index contributed by atoms with van der Waals surface area (Å²) in [5.41, 5.74) is 0.998. The van der Waals surface area contributed by atoms with Crippen molar-refractivity contribution < 1.29 is 14.6 Å². The normalized spacial score (nSPS) is 10.6. The lowest BCUT2D eigenvalue weighted by Gasteiger charge is -2.14. The second-order valence-corrected chi connectivity index (χ2v) is 4.17. The third kappa shape index (κ3) is 2.89. The predicted molar refractivity (Wildman–Crippen MR) is 63.6 cm³/mol. The molecule has 1 aromatic rings. The summed E-state index contributed by atoms with van der Waals surface area (Å²) in [5, 5.41) is 9.50. The molecule has 0 unspecified atom stereocenters. The number of rotatable bonds is 4. The molecule has 0 amide bonds. The van der Waals surface area contributed by atoms with Crippen LogP contribution in [0.3, 0.4) is 0 Å². The summed E-state index contributed by atoms with van der Waals surface area (Å²) in [6, 6.07) is 3.15. The van der Waals surface area contributed by atoms with Gasteiger partial charge in [0.1, 0.15) is 11.3 Å². The predicted octanol–water partition coefficient (Wildman–Crippen LogP) is 3.39. The zero-order valence-electron chi connectivity index (χ0n) is 9.58. The summed E-state index contributed by atoms with van der Waals surface area (Å²) in [7, 11) is 0. The first-order valence-electron chi connectivity index (χ1n) is 5.18. The molecule has 1 N–H and O–H groups in total. The van der Waals surface area contributed by atoms with Gasteiger partial charge in [-0.15, -0.1) is 0 Å². The highest BCUT2D eigenvalue weighted by molar-refractivity contribution is 6.31. The van der Waals surface area contributed by atoms with Crippen molar-refractivity contribution >= 4 is 17.6 Å². The SMILES string of the molecule is CCc1cc(OC(C)C)c(C(=O)O)cc1Cl. The van der Waals surface area contributed by atoms with Gasteiger partial charge in [-0.25, -0.2) is 4.79 Å². The molecule has 88 valence electrons. The van der Waals surface area contributed by atoms with E-state index in [-0.39, 0.29) is 11.7 Å². The van der Waals surface area contributed by atoms with E-state index < -0.39 is 5.97 Å². The largest absolute Gasteiger partial charge is 0.490 e. The Hall–Kier alpha value is -1.22. The Morgan fingerprint density at radius 2 is 2.12 bits per heavy atom. The van der Waals surface area contributed by atoms with E-state index in [4.69, 9.17) is 21.4 Å². The van der Waals surface area contributed by atoms with Gasteiger partial charge in [0.25, 0.3) is 0 Å². The van der Waals surface area contributed by atoms with E-state index >= 15 is 0 Å². The van der Waals surface area contributed by atoms with Crippen LogP contribution >= 0.6 is 11.6 Å². The molecule has 16 heavy (non-hydrogen) atoms. The number of aryl methyl sites for hydroxylation is 1. The van der Waals surface area contributed by atoms with E-state index in [1.165, 1.54) is 6.07 Å². The number of benzene rings is 1. The maximum absolute atomic E-state index is 11.0. The first kappa shape index (κ1) is 12.8. The zero-order chi connectivity index (χ0) is 12.3. The van der Waals surface area contributed by atoms with Gasteiger partial charge >= 0.3 is 5.97 Å². The van der Waals surface area contributed by atoms with Crippen LogP contribution in [0.25, 0.3) is 0 Å². The lowest BCUT2D eigenvalue weighted by molar-refractivity contribution is 0.0690. The molecule has 0 saturated heterocycles. The van der Waals surface area contributed by atoms with Gasteiger partial charge < -0.3 is 9.84 Å². The lowest BCUT2D eigenvalue weighted by atomic mass is 10.1. The van der Waals surface area contributed by atoms with Crippen LogP contribution in [0.15, 0.2) is 12.1 Å². The second kappa shape index (κ2) is 5.21. The minimum Gasteiger partial charge on any atom is -0.490 e. The van der Waals surface area contributed by atoms with Gasteiger partial charge in [0, 0.05) is 5.02 Å². The van der Waals surface area contributed by atoms with Crippen LogP contribution in [0.4, 0.5) is 0 Å². The third-order valence-corrected chi connectivity index (χ3v) is 2.47. The Morgan fingerprint density at radius 3 is 2.56 bits per heavy atom. The van der Waals surface area contributed by atoms with Crippen LogP contribution < -0.4 is 4.74 Å². The molecule has 0 aromatic heterocycles. The van der Waals surface area contributed by atoms with E-state index in [9.17, 15) is 4.79 Å². The molecule has 0 saturated carbocycles. The molecule has 4 heteroatoms. The van der Waals surface area contributed by atoms with Crippen molar-refractivity contribution in [3.8, 4) is 5.75 Å². The fourth-order valence-electron chi connectivity index (χ4n) is 1.38. The van der Waals surface area contributed by atoms with Gasteiger partial charge in [0.2, 0.25) is 0 Å². The molecule has 0 bridgehead atoms. The third-order valence-electron chi connectivity index (χ3n) is 2.12. The van der Waals surface area contributed by atoms with Crippen molar-refractivity contribution in [3.05, 3.63) is 28.3 Å². The van der Waals surface area contributed by atoms with E-state index in [1.54, 1.807) is 6.07 Å². The molecule has 1 rings (SSSR count). The number of hydrogen-bond donors (Lipinski definition) is 1. The van der Waals surface area contributed by atoms with Crippen LogP contribution in [0.5, 0.6) is 5.75 Å². The van der Waals surface area contributed by atoms with E-state index in [0.29, 0.717) is 10.8 Å². The van der Waals surface area contributed by atoms with Gasteiger partial charge in [0.05, 0.1) is 6.10 Å². The Labute approximate surface area is 100.0 Å². The van der Waals surface area contributed by atoms with Crippen molar-refractivity contribution in [1.82, 2.24) is 0 Å². The Kier molecular flexibility index (Phi) is 4.19. The van der Waals surface area contributed by atoms with Gasteiger partial charge in [-0.2, -0.15) is 0 Å². The van der Waals surface area contributed by atoms with E-state index in [2.05, 4.69) is 0 Å². The summed E-state index contributed by atoms with van der Waals surface area (Å²) >= 11 is 5.96. The van der Waals surface area contributed by atoms with E-state index in [0.717, 1.165) is 12.0 Å². The second-order valence-electron chi connectivity index (χ2n) is 3.77. The van der Waals surface area contributed by atoms with Gasteiger partial charge in [0.15, 0.2) is 0 Å². The standard InChI is InChI=1S/C12H15ClO3/c1-4-8-5-11(16-7(2)3)9(12(14)15)6-10(8)13/h5-7H,4H2,1-3H3,(H,14,15). The molecular formula is C12H15ClO3. The van der Waals surface area contributed by atoms with Crippen molar-refractivity contribution in [3.63, 3.8) is 0 Å². The van der Waals surface area contributed by atoms with Crippen LogP contribution in [0, 0.1) is 0 Å². The lowest BCUT2D eigenvalue weighted by Crippen LogP contribution is -2.10. The number of aromatic carboxylic acids is 1. The fourth-order valence-corrected chi connectivity index (χ4v) is 1.68. The summed E-state index contributed by atoms with van der Waals surface area (Å²) in [5.74, 6) is -0.649. The maximum Gasteiger partial charge on any atom is 0.339 e. The van der Waals surface area contributed by atoms with Crippen LogP contribution in [-0.4, -0.2) is 17.2 Å². The number of carboxylic acid groups (broad SMARTS) is 1. The number of ether oxygens (including phenoxy) is 1. The summed E-state index contributed by atoms with van der Waals surface area (Å²) in [6.07, 6.45) is 0.677. The topological polar surface area (TPSA) is 46.5 Å². The Bertz CT molecular complexity index is 399. The Balaban J connectivity index is 3.25. The molecule has 0 aliphatic heterocycles. The van der Waals surface area contributed by atoms with Gasteiger partial charge in [-0.1, -0.05) is 18.5 Å². The summed E-state index contributed by atoms with van der Waals surface area (Å²) < 4.78 is 5.46. The average Bonchev–Trinajstić information content (AvgIpc) is 2.19. The quantitative estimate of drug-likeness (QED) is 0.880. The molecule has 0 heterocycles. The molecule has 0 spiro atoms. The fraction of sp³-hybridized carbons (Fsp3) is 0.417. The molecule has 3 nitrogen and oxygen atoms in total. The molecular weight excluding hydrogens is 228 g/mol. The van der Waals surface area contributed by atoms with Crippen LogP contribution in [0.2, 0.25) is 5.02 Å². The monoisotopic (exact) mass is 242 g/mol. The van der Waals surface area contributed by atoms with Gasteiger partial charge in [-0.3, -0.25) is 0 Å². The Morgan fingerprint density at radius 1 is 1.50 bits per heavy atom. The summed E-state index contributed by atoms with van der Waals surface area (Å²) in [6.45, 7) is 5.67. The van der Waals surface area contributed by atoms with Crippen LogP contribution in [0.1, 0.15) is 36.7 Å². The maximum atomic E-state index is 11.0. The van der Waals surface area contributed by atoms with Crippen molar-refractivity contribution in [1.29, 1.82) is 0 Å². The minimum absolute atomic E-state index is 0.0658. The highest BCUT2D eigenvalue weighted by atomic mass is 35.5. The zero-order valence-corrected chi connectivity index (χ0v) is 10.3. The molecule has 0 radical (unpaired) electrons.